The van der Waals surface area contributed by atoms with E-state index in [1.54, 1.807) is 4.90 Å². The number of likely N-dealkylation sites (tertiary alicyclic amines) is 1. The summed E-state index contributed by atoms with van der Waals surface area (Å²) >= 11 is 0. The van der Waals surface area contributed by atoms with Crippen LogP contribution in [0.2, 0.25) is 0 Å². The van der Waals surface area contributed by atoms with Gasteiger partial charge in [0.1, 0.15) is 0 Å². The fraction of sp³-hybridized carbons (Fsp3) is 0.923. The summed E-state index contributed by atoms with van der Waals surface area (Å²) in [6.07, 6.45) is 1.16. The van der Waals surface area contributed by atoms with Gasteiger partial charge in [-0.3, -0.25) is 4.79 Å². The van der Waals surface area contributed by atoms with Crippen molar-refractivity contribution in [2.45, 2.75) is 52.7 Å². The molecule has 1 rings (SSSR count). The first-order chi connectivity index (χ1) is 7.83. The van der Waals surface area contributed by atoms with Crippen molar-refractivity contribution in [1.29, 1.82) is 0 Å². The predicted molar refractivity (Wildman–Crippen MR) is 68.7 cm³/mol. The van der Waals surface area contributed by atoms with Crippen molar-refractivity contribution in [1.82, 2.24) is 10.2 Å². The van der Waals surface area contributed by atoms with Crippen LogP contribution in [-0.4, -0.2) is 47.7 Å². The summed E-state index contributed by atoms with van der Waals surface area (Å²) in [4.78, 5) is 13.7. The van der Waals surface area contributed by atoms with E-state index in [1.165, 1.54) is 0 Å². The van der Waals surface area contributed by atoms with Gasteiger partial charge in [0.2, 0.25) is 5.91 Å². The van der Waals surface area contributed by atoms with Gasteiger partial charge in [-0.1, -0.05) is 27.7 Å². The summed E-state index contributed by atoms with van der Waals surface area (Å²) in [5, 5.41) is 13.1. The van der Waals surface area contributed by atoms with Crippen LogP contribution in [0.15, 0.2) is 0 Å². The molecule has 0 saturated carbocycles. The fourth-order valence-electron chi connectivity index (χ4n) is 2.38. The van der Waals surface area contributed by atoms with Gasteiger partial charge in [0.15, 0.2) is 0 Å². The number of amides is 1. The summed E-state index contributed by atoms with van der Waals surface area (Å²) in [6.45, 7) is 10.4. The molecule has 0 aliphatic carbocycles. The average Bonchev–Trinajstić information content (AvgIpc) is 2.47. The largest absolute Gasteiger partial charge is 0.391 e. The molecule has 4 heteroatoms. The van der Waals surface area contributed by atoms with E-state index in [-0.39, 0.29) is 17.4 Å². The van der Waals surface area contributed by atoms with E-state index < -0.39 is 6.10 Å². The van der Waals surface area contributed by atoms with E-state index >= 15 is 0 Å². The topological polar surface area (TPSA) is 52.6 Å². The number of aliphatic hydroxyl groups is 1. The molecule has 1 saturated heterocycles. The molecular formula is C13H26N2O2. The third-order valence-corrected chi connectivity index (χ3v) is 3.03. The lowest BCUT2D eigenvalue weighted by Crippen LogP contribution is -2.41. The zero-order valence-electron chi connectivity index (χ0n) is 11.5. The molecule has 1 fully saturated rings. The van der Waals surface area contributed by atoms with Crippen LogP contribution in [0.5, 0.6) is 0 Å². The molecule has 1 heterocycles. The van der Waals surface area contributed by atoms with Crippen LogP contribution in [0.25, 0.3) is 0 Å². The summed E-state index contributed by atoms with van der Waals surface area (Å²) in [5.41, 5.74) is 0.100. The van der Waals surface area contributed by atoms with E-state index in [0.29, 0.717) is 6.54 Å². The Morgan fingerprint density at radius 2 is 2.18 bits per heavy atom. The lowest BCUT2D eigenvalue weighted by atomic mass is 9.89. The third kappa shape index (κ3) is 4.64. The minimum Gasteiger partial charge on any atom is -0.391 e. The van der Waals surface area contributed by atoms with Crippen LogP contribution < -0.4 is 5.32 Å². The van der Waals surface area contributed by atoms with Crippen molar-refractivity contribution >= 4 is 5.91 Å². The zero-order chi connectivity index (χ0) is 13.1. The van der Waals surface area contributed by atoms with Gasteiger partial charge in [-0.15, -0.1) is 0 Å². The number of carbonyl (C=O) groups is 1. The molecule has 1 aliphatic heterocycles. The fourth-order valence-corrected chi connectivity index (χ4v) is 2.38. The van der Waals surface area contributed by atoms with Gasteiger partial charge >= 0.3 is 0 Å². The molecule has 0 aromatic rings. The quantitative estimate of drug-likeness (QED) is 0.756. The summed E-state index contributed by atoms with van der Waals surface area (Å²) in [7, 11) is 0. The maximum atomic E-state index is 11.9. The van der Waals surface area contributed by atoms with Crippen LogP contribution in [0.1, 0.15) is 40.5 Å². The van der Waals surface area contributed by atoms with Crippen molar-refractivity contribution in [2.75, 3.05) is 19.6 Å². The monoisotopic (exact) mass is 242 g/mol. The van der Waals surface area contributed by atoms with Gasteiger partial charge in [-0.05, 0) is 24.8 Å². The number of rotatable bonds is 5. The second kappa shape index (κ2) is 5.83. The van der Waals surface area contributed by atoms with Gasteiger partial charge in [0.25, 0.3) is 0 Å². The molecule has 100 valence electrons. The molecule has 0 radical (unpaired) electrons. The standard InChI is InChI=1S/C13H26N2O2/c1-5-14-11-6-7-15(12(11)17)9-10(16)8-13(2,3)4/h10-11,14,16H,5-9H2,1-4H3. The van der Waals surface area contributed by atoms with Crippen molar-refractivity contribution in [3.05, 3.63) is 0 Å². The number of aliphatic hydroxyl groups excluding tert-OH is 1. The minimum atomic E-state index is -0.417. The predicted octanol–water partition coefficient (Wildman–Crippen LogP) is 0.994. The summed E-state index contributed by atoms with van der Waals surface area (Å²) in [6, 6.07) is -0.0400. The lowest BCUT2D eigenvalue weighted by Gasteiger charge is -2.26. The van der Waals surface area contributed by atoms with E-state index in [2.05, 4.69) is 26.1 Å². The van der Waals surface area contributed by atoms with Crippen molar-refractivity contribution < 1.29 is 9.90 Å². The normalized spacial score (nSPS) is 23.2. The van der Waals surface area contributed by atoms with Gasteiger partial charge in [0, 0.05) is 13.1 Å². The van der Waals surface area contributed by atoms with Crippen LogP contribution in [0.3, 0.4) is 0 Å². The highest BCUT2D eigenvalue weighted by molar-refractivity contribution is 5.83. The second-order valence-corrected chi connectivity index (χ2v) is 6.10. The summed E-state index contributed by atoms with van der Waals surface area (Å²) < 4.78 is 0. The van der Waals surface area contributed by atoms with Crippen LogP contribution in [0, 0.1) is 5.41 Å². The molecule has 4 nitrogen and oxygen atoms in total. The van der Waals surface area contributed by atoms with Crippen LogP contribution in [-0.2, 0) is 4.79 Å². The lowest BCUT2D eigenvalue weighted by molar-refractivity contribution is -0.130. The van der Waals surface area contributed by atoms with Crippen LogP contribution in [0.4, 0.5) is 0 Å². The van der Waals surface area contributed by atoms with E-state index in [0.717, 1.165) is 25.9 Å². The Morgan fingerprint density at radius 1 is 1.53 bits per heavy atom. The highest BCUT2D eigenvalue weighted by atomic mass is 16.3. The van der Waals surface area contributed by atoms with Crippen molar-refractivity contribution in [2.24, 2.45) is 5.41 Å². The number of nitrogens with one attached hydrogen (secondary N) is 1. The zero-order valence-corrected chi connectivity index (χ0v) is 11.5. The minimum absolute atomic E-state index is 0.0400. The Labute approximate surface area is 104 Å². The first-order valence-electron chi connectivity index (χ1n) is 6.53. The maximum Gasteiger partial charge on any atom is 0.239 e. The number of hydrogen-bond acceptors (Lipinski definition) is 3. The highest BCUT2D eigenvalue weighted by Gasteiger charge is 2.32. The Morgan fingerprint density at radius 3 is 2.71 bits per heavy atom. The van der Waals surface area contributed by atoms with Gasteiger partial charge in [-0.25, -0.2) is 0 Å². The molecule has 0 bridgehead atoms. The first kappa shape index (κ1) is 14.5. The summed E-state index contributed by atoms with van der Waals surface area (Å²) in [5.74, 6) is 0.139. The average molecular weight is 242 g/mol. The van der Waals surface area contributed by atoms with Crippen LogP contribution >= 0.6 is 0 Å². The number of β-amino-alcohol motifs (C(OH)–C–C–N with tert-alkyl or cyclic N) is 1. The Hall–Kier alpha value is -0.610. The van der Waals surface area contributed by atoms with Crippen molar-refractivity contribution in [3.63, 3.8) is 0 Å². The number of likely N-dealkylation sites (N-methyl/N-ethyl adjacent to an activating group) is 1. The molecule has 2 atom stereocenters. The molecule has 1 aliphatic rings. The third-order valence-electron chi connectivity index (χ3n) is 3.03. The van der Waals surface area contributed by atoms with E-state index in [1.807, 2.05) is 6.92 Å². The molecule has 0 aromatic carbocycles. The SMILES string of the molecule is CCNC1CCN(CC(O)CC(C)(C)C)C1=O. The highest BCUT2D eigenvalue weighted by Crippen LogP contribution is 2.22. The Balaban J connectivity index is 2.40. The first-order valence-corrected chi connectivity index (χ1v) is 6.53. The molecule has 2 unspecified atom stereocenters. The van der Waals surface area contributed by atoms with Gasteiger partial charge in [0.05, 0.1) is 12.1 Å². The smallest absolute Gasteiger partial charge is 0.239 e. The molecular weight excluding hydrogens is 216 g/mol. The molecule has 1 amide bonds. The van der Waals surface area contributed by atoms with Crippen molar-refractivity contribution in [3.8, 4) is 0 Å². The Kier molecular flexibility index (Phi) is 4.95. The van der Waals surface area contributed by atoms with Gasteiger partial charge < -0.3 is 15.3 Å². The number of nitrogens with zero attached hydrogens (tertiary/aromatic N) is 1. The molecule has 2 N–H and O–H groups in total. The maximum absolute atomic E-state index is 11.9. The molecule has 17 heavy (non-hydrogen) atoms. The molecule has 0 aromatic heterocycles. The number of carbonyl (C=O) groups excluding carboxylic acids is 1. The second-order valence-electron chi connectivity index (χ2n) is 6.10. The molecule has 0 spiro atoms. The van der Waals surface area contributed by atoms with E-state index in [9.17, 15) is 9.90 Å². The van der Waals surface area contributed by atoms with E-state index in [4.69, 9.17) is 0 Å². The number of hydrogen-bond donors (Lipinski definition) is 2. The Bertz CT molecular complexity index is 261. The van der Waals surface area contributed by atoms with Gasteiger partial charge in [-0.2, -0.15) is 0 Å².